The number of ether oxygens (including phenoxy) is 1. The van der Waals surface area contributed by atoms with Gasteiger partial charge in [-0.2, -0.15) is 0 Å². The van der Waals surface area contributed by atoms with E-state index in [-0.39, 0.29) is 5.91 Å². The molecule has 0 rings (SSSR count). The molecule has 0 aromatic carbocycles. The summed E-state index contributed by atoms with van der Waals surface area (Å²) in [6.07, 6.45) is 2.16. The zero-order valence-corrected chi connectivity index (χ0v) is 9.76. The number of hydrogen-bond acceptors (Lipinski definition) is 3. The van der Waals surface area contributed by atoms with E-state index in [4.69, 9.17) is 11.6 Å². The summed E-state index contributed by atoms with van der Waals surface area (Å²) in [7, 11) is 1.32. The molecule has 0 saturated carbocycles. The summed E-state index contributed by atoms with van der Waals surface area (Å²) in [5.41, 5.74) is 1.70. The molecule has 5 heteroatoms. The molecule has 4 nitrogen and oxygen atoms in total. The number of hydrogen-bond donors (Lipinski definition) is 1. The summed E-state index contributed by atoms with van der Waals surface area (Å²) in [6, 6.07) is 0. The van der Waals surface area contributed by atoms with Gasteiger partial charge in [-0.25, -0.2) is 4.79 Å². The number of nitrogens with one attached hydrogen (secondary N) is 1. The van der Waals surface area contributed by atoms with Gasteiger partial charge in [-0.15, -0.1) is 0 Å². The number of carbonyl (C=O) groups is 2. The fourth-order valence-corrected chi connectivity index (χ4v) is 1.24. The van der Waals surface area contributed by atoms with Crippen molar-refractivity contribution in [1.29, 1.82) is 0 Å². The van der Waals surface area contributed by atoms with Gasteiger partial charge in [-0.05, 0) is 19.3 Å². The van der Waals surface area contributed by atoms with E-state index < -0.39 is 5.97 Å². The van der Waals surface area contributed by atoms with Crippen molar-refractivity contribution in [3.8, 4) is 0 Å². The van der Waals surface area contributed by atoms with Crippen LogP contribution in [-0.4, -0.2) is 25.5 Å². The molecule has 0 spiro atoms. The highest BCUT2D eigenvalue weighted by molar-refractivity contribution is 6.27. The molecule has 1 amide bonds. The Kier molecular flexibility index (Phi) is 7.72. The van der Waals surface area contributed by atoms with Crippen LogP contribution in [0.25, 0.3) is 0 Å². The quantitative estimate of drug-likeness (QED) is 0.431. The molecule has 0 radical (unpaired) electrons. The van der Waals surface area contributed by atoms with Crippen molar-refractivity contribution in [2.45, 2.75) is 26.2 Å². The minimum atomic E-state index is -0.399. The highest BCUT2D eigenvalue weighted by Crippen LogP contribution is 2.10. The fourth-order valence-electron chi connectivity index (χ4n) is 1.04. The summed E-state index contributed by atoms with van der Waals surface area (Å²) >= 11 is 5.47. The number of halogens is 1. The normalized spacial score (nSPS) is 11.0. The van der Waals surface area contributed by atoms with Crippen molar-refractivity contribution in [2.75, 3.05) is 13.7 Å². The predicted molar refractivity (Wildman–Crippen MR) is 58.5 cm³/mol. The van der Waals surface area contributed by atoms with Gasteiger partial charge in [0.05, 0.1) is 7.11 Å². The average Bonchev–Trinajstić information content (AvgIpc) is 2.22. The van der Waals surface area contributed by atoms with E-state index in [0.717, 1.165) is 12.8 Å². The van der Waals surface area contributed by atoms with E-state index in [2.05, 4.69) is 10.1 Å². The molecule has 1 N–H and O–H groups in total. The first-order valence-corrected chi connectivity index (χ1v) is 5.17. The molecule has 0 aliphatic rings. The van der Waals surface area contributed by atoms with E-state index >= 15 is 0 Å². The number of esters is 1. The van der Waals surface area contributed by atoms with Crippen LogP contribution in [-0.2, 0) is 14.3 Å². The van der Waals surface area contributed by atoms with Gasteiger partial charge in [0.1, 0.15) is 0 Å². The molecule has 0 atom stereocenters. The molecule has 15 heavy (non-hydrogen) atoms. The molecule has 0 saturated heterocycles. The van der Waals surface area contributed by atoms with Crippen molar-refractivity contribution >= 4 is 23.5 Å². The Morgan fingerprint density at radius 3 is 2.53 bits per heavy atom. The maximum atomic E-state index is 11.1. The average molecular weight is 234 g/mol. The summed E-state index contributed by atoms with van der Waals surface area (Å²) in [4.78, 5) is 21.6. The minimum Gasteiger partial charge on any atom is -0.466 e. The molecule has 86 valence electrons. The van der Waals surface area contributed by atoms with E-state index in [1.165, 1.54) is 19.6 Å². The van der Waals surface area contributed by atoms with Gasteiger partial charge in [0.15, 0.2) is 0 Å². The molecule has 0 aromatic rings. The largest absolute Gasteiger partial charge is 0.466 e. The summed E-state index contributed by atoms with van der Waals surface area (Å²) in [5.74, 6) is -0.444. The van der Waals surface area contributed by atoms with Crippen molar-refractivity contribution in [2.24, 2.45) is 0 Å². The third-order valence-corrected chi connectivity index (χ3v) is 2.09. The van der Waals surface area contributed by atoms with Crippen LogP contribution in [0.1, 0.15) is 26.2 Å². The predicted octanol–water partition coefficient (Wildman–Crippen LogP) is 1.59. The minimum absolute atomic E-state index is 0.0453. The second-order valence-electron chi connectivity index (χ2n) is 3.07. The summed E-state index contributed by atoms with van der Waals surface area (Å²) < 4.78 is 4.54. The Hall–Kier alpha value is -1.03. The molecule has 0 fully saturated rings. The maximum Gasteiger partial charge on any atom is 0.334 e. The third kappa shape index (κ3) is 6.96. The van der Waals surface area contributed by atoms with E-state index in [9.17, 15) is 9.59 Å². The van der Waals surface area contributed by atoms with E-state index in [0.29, 0.717) is 18.5 Å². The smallest absolute Gasteiger partial charge is 0.334 e. The molecule has 0 heterocycles. The van der Waals surface area contributed by atoms with Crippen LogP contribution >= 0.6 is 11.6 Å². The molecular weight excluding hydrogens is 218 g/mol. The first-order chi connectivity index (χ1) is 7.11. The van der Waals surface area contributed by atoms with Gasteiger partial charge in [0, 0.05) is 24.6 Å². The second-order valence-corrected chi connectivity index (χ2v) is 3.28. The SMILES string of the molecule is COC(=O)C(=CCl)CCCCNC(C)=O. The van der Waals surface area contributed by atoms with Crippen LogP contribution in [0, 0.1) is 0 Å². The number of amides is 1. The molecule has 0 aliphatic carbocycles. The lowest BCUT2D eigenvalue weighted by atomic mass is 10.1. The van der Waals surface area contributed by atoms with Crippen LogP contribution in [0.2, 0.25) is 0 Å². The number of methoxy groups -OCH3 is 1. The van der Waals surface area contributed by atoms with Gasteiger partial charge < -0.3 is 10.1 Å². The summed E-state index contributed by atoms with van der Waals surface area (Å²) in [5, 5.41) is 2.67. The van der Waals surface area contributed by atoms with Crippen LogP contribution in [0.4, 0.5) is 0 Å². The van der Waals surface area contributed by atoms with Gasteiger partial charge in [0.25, 0.3) is 0 Å². The van der Waals surface area contributed by atoms with Crippen LogP contribution in [0.15, 0.2) is 11.1 Å². The maximum absolute atomic E-state index is 11.1. The Bertz CT molecular complexity index is 251. The number of carbonyl (C=O) groups excluding carboxylic acids is 2. The Labute approximate surface area is 94.6 Å². The highest BCUT2D eigenvalue weighted by Gasteiger charge is 2.07. The lowest BCUT2D eigenvalue weighted by Gasteiger charge is -2.04. The fraction of sp³-hybridized carbons (Fsp3) is 0.600. The lowest BCUT2D eigenvalue weighted by Crippen LogP contribution is -2.20. The molecule has 0 aromatic heterocycles. The van der Waals surface area contributed by atoms with Crippen molar-refractivity contribution < 1.29 is 14.3 Å². The zero-order valence-electron chi connectivity index (χ0n) is 9.01. The van der Waals surface area contributed by atoms with Crippen molar-refractivity contribution in [3.63, 3.8) is 0 Å². The highest BCUT2D eigenvalue weighted by atomic mass is 35.5. The van der Waals surface area contributed by atoms with E-state index in [1.54, 1.807) is 0 Å². The lowest BCUT2D eigenvalue weighted by molar-refractivity contribution is -0.136. The zero-order chi connectivity index (χ0) is 11.7. The molecule has 0 aliphatic heterocycles. The van der Waals surface area contributed by atoms with Crippen molar-refractivity contribution in [1.82, 2.24) is 5.32 Å². The van der Waals surface area contributed by atoms with Gasteiger partial charge in [-0.3, -0.25) is 4.79 Å². The number of unbranched alkanes of at least 4 members (excludes halogenated alkanes) is 1. The Balaban J connectivity index is 3.65. The second kappa shape index (κ2) is 8.29. The first-order valence-electron chi connectivity index (χ1n) is 4.73. The van der Waals surface area contributed by atoms with Crippen molar-refractivity contribution in [3.05, 3.63) is 11.1 Å². The third-order valence-electron chi connectivity index (χ3n) is 1.83. The molecule has 0 unspecified atom stereocenters. The molecule has 0 bridgehead atoms. The van der Waals surface area contributed by atoms with Gasteiger partial charge >= 0.3 is 5.97 Å². The monoisotopic (exact) mass is 233 g/mol. The van der Waals surface area contributed by atoms with E-state index in [1.807, 2.05) is 0 Å². The Morgan fingerprint density at radius 1 is 1.40 bits per heavy atom. The standard InChI is InChI=1S/C10H16ClNO3/c1-8(13)12-6-4-3-5-9(7-11)10(14)15-2/h7H,3-6H2,1-2H3,(H,12,13). The number of rotatable bonds is 6. The first kappa shape index (κ1) is 14.0. The van der Waals surface area contributed by atoms with Crippen LogP contribution in [0.3, 0.4) is 0 Å². The summed E-state index contributed by atoms with van der Waals surface area (Å²) in [6.45, 7) is 2.09. The molecular formula is C10H16ClNO3. The topological polar surface area (TPSA) is 55.4 Å². The van der Waals surface area contributed by atoms with Crippen LogP contribution in [0.5, 0.6) is 0 Å². The van der Waals surface area contributed by atoms with Gasteiger partial charge in [-0.1, -0.05) is 11.6 Å². The van der Waals surface area contributed by atoms with Gasteiger partial charge in [0.2, 0.25) is 5.91 Å². The van der Waals surface area contributed by atoms with Crippen LogP contribution < -0.4 is 5.32 Å². The Morgan fingerprint density at radius 2 is 2.07 bits per heavy atom.